The van der Waals surface area contributed by atoms with Gasteiger partial charge in [0.1, 0.15) is 0 Å². The van der Waals surface area contributed by atoms with Crippen molar-refractivity contribution in [3.05, 3.63) is 34.9 Å². The molecule has 2 aromatic carbocycles. The van der Waals surface area contributed by atoms with Crippen LogP contribution in [0.5, 0.6) is 5.75 Å². The van der Waals surface area contributed by atoms with Crippen LogP contribution in [0.25, 0.3) is 10.8 Å². The predicted octanol–water partition coefficient (Wildman–Crippen LogP) is -4.95. The van der Waals surface area contributed by atoms with Gasteiger partial charge in [-0.05, 0) is 0 Å². The Morgan fingerprint density at radius 2 is 0.757 bits per heavy atom. The summed E-state index contributed by atoms with van der Waals surface area (Å²) in [5, 5.41) is 83.8. The molecule has 13 nitrogen and oxygen atoms in total. The van der Waals surface area contributed by atoms with E-state index < -0.39 is 86.8 Å². The molecule has 0 saturated heterocycles. The molecular formula is C13H19B4F6LiO13. The zero-order chi connectivity index (χ0) is 30.4. The van der Waals surface area contributed by atoms with Crippen LogP contribution in [0.3, 0.4) is 0 Å². The summed E-state index contributed by atoms with van der Waals surface area (Å²) in [4.78, 5) is 0. The van der Waals surface area contributed by atoms with Crippen molar-refractivity contribution in [3.63, 3.8) is 0 Å². The molecule has 24 heteroatoms. The van der Waals surface area contributed by atoms with Gasteiger partial charge < -0.3 is 60.3 Å². The summed E-state index contributed by atoms with van der Waals surface area (Å²) >= 11 is 1.10. The number of hydrogen-bond donors (Lipinski definition) is 12. The zero-order valence-electron chi connectivity index (χ0n) is 18.9. The molecule has 0 amide bonds. The molecule has 0 atom stereocenters. The second-order valence-electron chi connectivity index (χ2n) is 6.14. The summed E-state index contributed by atoms with van der Waals surface area (Å²) in [5.74, 6) is -12.2. The fourth-order valence-electron chi connectivity index (χ4n) is 2.05. The summed E-state index contributed by atoms with van der Waals surface area (Å²) in [6.45, 7) is 3.01. The van der Waals surface area contributed by atoms with Crippen molar-refractivity contribution >= 4 is 62.0 Å². The number of hydrogen-bond acceptors (Lipinski definition) is 13. The Balaban J connectivity index is -0.000000591. The van der Waals surface area contributed by atoms with Gasteiger partial charge in [0, 0.05) is 0 Å². The van der Waals surface area contributed by atoms with Crippen LogP contribution >= 0.6 is 0 Å². The van der Waals surface area contributed by atoms with Gasteiger partial charge in [0.25, 0.3) is 0 Å². The van der Waals surface area contributed by atoms with Gasteiger partial charge in [-0.1, -0.05) is 0 Å². The van der Waals surface area contributed by atoms with Gasteiger partial charge >= 0.3 is 154 Å². The predicted molar refractivity (Wildman–Crippen MR) is 114 cm³/mol. The molecule has 0 bridgehead atoms. The molecule has 37 heavy (non-hydrogen) atoms. The number of ether oxygens (including phenoxy) is 1. The van der Waals surface area contributed by atoms with Crippen molar-refractivity contribution < 1.29 is 91.4 Å². The van der Waals surface area contributed by atoms with Gasteiger partial charge in [-0.3, -0.25) is 0 Å². The maximum atomic E-state index is 13.9. The Labute approximate surface area is 214 Å². The molecule has 0 spiro atoms. The molecule has 12 N–H and O–H groups in total. The molecule has 2 rings (SSSR count). The molecule has 0 unspecified atom stereocenters. The average molecular weight is 547 g/mol. The van der Waals surface area contributed by atoms with Gasteiger partial charge in [-0.15, -0.1) is 0 Å². The Hall–Kier alpha value is -1.54. The van der Waals surface area contributed by atoms with Crippen LogP contribution in [0.15, 0.2) is 0 Å². The number of halogens is 6. The van der Waals surface area contributed by atoms with Gasteiger partial charge in [-0.2, -0.15) is 0 Å². The minimum absolute atomic E-state index is 0.354. The molecule has 0 aliphatic carbocycles. The second-order valence-corrected chi connectivity index (χ2v) is 6.14. The Morgan fingerprint density at radius 1 is 0.514 bits per heavy atom. The first-order valence-corrected chi connectivity index (χ1v) is 9.08. The van der Waals surface area contributed by atoms with Crippen LogP contribution in [0.4, 0.5) is 26.3 Å². The van der Waals surface area contributed by atoms with E-state index in [9.17, 15) is 26.3 Å². The van der Waals surface area contributed by atoms with Crippen molar-refractivity contribution in [2.24, 2.45) is 0 Å². The first-order valence-electron chi connectivity index (χ1n) is 9.08. The molecular weight excluding hydrogens is 528 g/mol. The third-order valence-electron chi connectivity index (χ3n) is 2.95. The molecule has 0 fully saturated rings. The SMILES string of the molecule is OB(O)O.OB(O)O.OB(O)O.OB(O)O.[Li][c]1c(OC(C)C)c(F)c(F)c2c(F)c(F)c(F)c(F)c12. The minimum atomic E-state index is -2.20. The number of rotatable bonds is 2. The van der Waals surface area contributed by atoms with Crippen LogP contribution in [0.2, 0.25) is 0 Å². The van der Waals surface area contributed by atoms with Crippen molar-refractivity contribution in [3.8, 4) is 5.75 Å². The average Bonchev–Trinajstić information content (AvgIpc) is 2.68. The number of benzene rings is 2. The fourth-order valence-corrected chi connectivity index (χ4v) is 2.05. The molecule has 0 aliphatic heterocycles. The zero-order valence-corrected chi connectivity index (χ0v) is 18.9. The molecule has 0 saturated carbocycles. The van der Waals surface area contributed by atoms with E-state index in [1.807, 2.05) is 0 Å². The molecule has 0 aliphatic rings. The van der Waals surface area contributed by atoms with Crippen molar-refractivity contribution in [2.75, 3.05) is 0 Å². The van der Waals surface area contributed by atoms with Crippen molar-refractivity contribution in [1.82, 2.24) is 0 Å². The summed E-state index contributed by atoms with van der Waals surface area (Å²) in [5.41, 5.74) is 0. The molecule has 2 aromatic rings. The van der Waals surface area contributed by atoms with E-state index in [1.54, 1.807) is 0 Å². The van der Waals surface area contributed by atoms with Crippen LogP contribution in [-0.4, -0.2) is 113 Å². The van der Waals surface area contributed by atoms with Crippen molar-refractivity contribution in [1.29, 1.82) is 0 Å². The number of fused-ring (bicyclic) bond motifs is 1. The van der Waals surface area contributed by atoms with Crippen molar-refractivity contribution in [2.45, 2.75) is 20.0 Å². The van der Waals surface area contributed by atoms with Crippen LogP contribution < -0.4 is 8.97 Å². The summed E-state index contributed by atoms with van der Waals surface area (Å²) < 4.78 is 86.3. The van der Waals surface area contributed by atoms with E-state index in [4.69, 9.17) is 65.0 Å². The molecule has 0 heterocycles. The third-order valence-corrected chi connectivity index (χ3v) is 2.95. The second kappa shape index (κ2) is 19.5. The Morgan fingerprint density at radius 3 is 1.03 bits per heavy atom. The molecule has 204 valence electrons. The normalized spacial score (nSPS) is 9.49. The Bertz CT molecular complexity index is 927. The van der Waals surface area contributed by atoms with Crippen LogP contribution in [-0.2, 0) is 0 Å². The van der Waals surface area contributed by atoms with E-state index in [1.165, 1.54) is 13.8 Å². The van der Waals surface area contributed by atoms with E-state index in [2.05, 4.69) is 0 Å². The van der Waals surface area contributed by atoms with Gasteiger partial charge in [0.15, 0.2) is 0 Å². The monoisotopic (exact) mass is 548 g/mol. The van der Waals surface area contributed by atoms with Crippen LogP contribution in [0.1, 0.15) is 13.8 Å². The third kappa shape index (κ3) is 16.8. The van der Waals surface area contributed by atoms with E-state index in [0.717, 1.165) is 17.7 Å². The van der Waals surface area contributed by atoms with E-state index in [-0.39, 0.29) is 4.24 Å². The maximum absolute atomic E-state index is 13.9. The summed E-state index contributed by atoms with van der Waals surface area (Å²) in [6.07, 6.45) is -0.590. The quantitative estimate of drug-likeness (QED) is 0.0729. The van der Waals surface area contributed by atoms with Crippen LogP contribution in [0, 0.1) is 34.9 Å². The summed E-state index contributed by atoms with van der Waals surface area (Å²) in [7, 11) is -8.67. The molecule has 0 radical (unpaired) electrons. The molecule has 0 aromatic heterocycles. The fraction of sp³-hybridized carbons (Fsp3) is 0.231. The van der Waals surface area contributed by atoms with E-state index >= 15 is 0 Å². The topological polar surface area (TPSA) is 252 Å². The first kappa shape index (κ1) is 40.0. The Kier molecular flexibility index (Phi) is 21.1. The van der Waals surface area contributed by atoms with Gasteiger partial charge in [-0.25, -0.2) is 0 Å². The van der Waals surface area contributed by atoms with E-state index in [0.29, 0.717) is 0 Å². The summed E-state index contributed by atoms with van der Waals surface area (Å²) in [6, 6.07) is 0. The van der Waals surface area contributed by atoms with Gasteiger partial charge in [0.2, 0.25) is 0 Å². The standard InChI is InChI=1S/C13H7F6O.4BH3O3.Li/c1-4(2)20-6-3-5-7(10(16)9(6)15)11(17)13(19)12(18)8(5)14;4*2-1(3)4;/h4H,1-2H3;4*2-4H;. The van der Waals surface area contributed by atoms with Gasteiger partial charge in [0.05, 0.1) is 0 Å². The first-order chi connectivity index (χ1) is 16.6.